The molecule has 1 aromatic rings. The van der Waals surface area contributed by atoms with E-state index in [9.17, 15) is 4.79 Å². The maximum absolute atomic E-state index is 12.8. The van der Waals surface area contributed by atoms with Gasteiger partial charge in [-0.15, -0.1) is 10.2 Å². The van der Waals surface area contributed by atoms with E-state index in [2.05, 4.69) is 19.7 Å². The van der Waals surface area contributed by atoms with Crippen molar-refractivity contribution in [2.75, 3.05) is 13.1 Å². The van der Waals surface area contributed by atoms with Crippen molar-refractivity contribution in [3.63, 3.8) is 0 Å². The Morgan fingerprint density at radius 1 is 1.05 bits per heavy atom. The molecule has 2 aliphatic carbocycles. The smallest absolute Gasteiger partial charge is 0.225 e. The van der Waals surface area contributed by atoms with E-state index in [1.165, 1.54) is 32.1 Å². The lowest BCUT2D eigenvalue weighted by Gasteiger charge is -2.35. The molecule has 3 fully saturated rings. The zero-order valence-electron chi connectivity index (χ0n) is 13.3. The first kappa shape index (κ1) is 14.2. The number of hydrogen-bond donors (Lipinski definition) is 0. The second-order valence-electron chi connectivity index (χ2n) is 7.29. The van der Waals surface area contributed by atoms with E-state index in [1.54, 1.807) is 0 Å². The van der Waals surface area contributed by atoms with Gasteiger partial charge in [-0.05, 0) is 38.5 Å². The third-order valence-electron chi connectivity index (χ3n) is 5.59. The summed E-state index contributed by atoms with van der Waals surface area (Å²) in [6, 6.07) is 0.620. The Labute approximate surface area is 132 Å². The van der Waals surface area contributed by atoms with Gasteiger partial charge < -0.3 is 9.47 Å². The Morgan fingerprint density at radius 2 is 1.86 bits per heavy atom. The fourth-order valence-corrected chi connectivity index (χ4v) is 4.17. The molecule has 0 bridgehead atoms. The number of nitrogens with zero attached hydrogens (tertiary/aromatic N) is 4. The zero-order valence-corrected chi connectivity index (χ0v) is 13.3. The van der Waals surface area contributed by atoms with Crippen LogP contribution in [0.15, 0.2) is 6.33 Å². The van der Waals surface area contributed by atoms with Crippen LogP contribution in [-0.4, -0.2) is 38.7 Å². The minimum atomic E-state index is 0.286. The number of hydrogen-bond acceptors (Lipinski definition) is 3. The van der Waals surface area contributed by atoms with Crippen LogP contribution < -0.4 is 0 Å². The van der Waals surface area contributed by atoms with Gasteiger partial charge >= 0.3 is 0 Å². The van der Waals surface area contributed by atoms with Crippen LogP contribution in [0.1, 0.15) is 75.6 Å². The van der Waals surface area contributed by atoms with Crippen LogP contribution >= 0.6 is 0 Å². The number of aromatic nitrogens is 3. The molecule has 0 aromatic carbocycles. The zero-order chi connectivity index (χ0) is 14.9. The van der Waals surface area contributed by atoms with E-state index >= 15 is 0 Å². The van der Waals surface area contributed by atoms with Crippen molar-refractivity contribution in [2.24, 2.45) is 5.92 Å². The molecule has 2 saturated carbocycles. The standard InChI is InChI=1S/C17H26N4O/c22-17(13-5-2-1-3-6-13)20-10-4-7-14(11-20)16-19-18-12-21(16)15-8-9-15/h12-15H,1-11H2/t14-/m1/s1. The van der Waals surface area contributed by atoms with Crippen LogP contribution in [-0.2, 0) is 4.79 Å². The maximum atomic E-state index is 12.8. The second-order valence-corrected chi connectivity index (χ2v) is 7.29. The third kappa shape index (κ3) is 2.77. The molecule has 5 nitrogen and oxygen atoms in total. The fourth-order valence-electron chi connectivity index (χ4n) is 4.17. The lowest BCUT2D eigenvalue weighted by molar-refractivity contribution is -0.137. The molecule has 1 atom stereocenters. The van der Waals surface area contributed by atoms with Crippen molar-refractivity contribution in [1.29, 1.82) is 0 Å². The molecular formula is C17H26N4O. The van der Waals surface area contributed by atoms with Crippen LogP contribution in [0.3, 0.4) is 0 Å². The van der Waals surface area contributed by atoms with E-state index < -0.39 is 0 Å². The number of rotatable bonds is 3. The summed E-state index contributed by atoms with van der Waals surface area (Å²) in [5, 5.41) is 8.51. The molecule has 1 amide bonds. The van der Waals surface area contributed by atoms with Crippen LogP contribution in [0.25, 0.3) is 0 Å². The van der Waals surface area contributed by atoms with Crippen molar-refractivity contribution in [2.45, 2.75) is 69.7 Å². The van der Waals surface area contributed by atoms with Gasteiger partial charge in [0.1, 0.15) is 12.2 Å². The average Bonchev–Trinajstić information content (AvgIpc) is 3.32. The largest absolute Gasteiger partial charge is 0.342 e. The van der Waals surface area contributed by atoms with E-state index in [4.69, 9.17) is 0 Å². The Kier molecular flexibility index (Phi) is 3.89. The van der Waals surface area contributed by atoms with Gasteiger partial charge in [0.2, 0.25) is 5.91 Å². The third-order valence-corrected chi connectivity index (χ3v) is 5.59. The van der Waals surface area contributed by atoms with Gasteiger partial charge in [-0.2, -0.15) is 0 Å². The summed E-state index contributed by atoms with van der Waals surface area (Å²) >= 11 is 0. The first-order valence-electron chi connectivity index (χ1n) is 9.01. The van der Waals surface area contributed by atoms with Gasteiger partial charge in [0.15, 0.2) is 0 Å². The lowest BCUT2D eigenvalue weighted by atomic mass is 9.87. The van der Waals surface area contributed by atoms with Crippen LogP contribution in [0.2, 0.25) is 0 Å². The molecule has 22 heavy (non-hydrogen) atoms. The summed E-state index contributed by atoms with van der Waals surface area (Å²) in [6.45, 7) is 1.78. The number of likely N-dealkylation sites (tertiary alicyclic amines) is 1. The first-order chi connectivity index (χ1) is 10.8. The normalized spacial score (nSPS) is 27.1. The number of carbonyl (C=O) groups is 1. The molecule has 2 heterocycles. The number of carbonyl (C=O) groups excluding carboxylic acids is 1. The molecule has 0 spiro atoms. The molecule has 5 heteroatoms. The summed E-state index contributed by atoms with van der Waals surface area (Å²) in [4.78, 5) is 14.9. The molecule has 1 aromatic heterocycles. The molecule has 0 unspecified atom stereocenters. The summed E-state index contributed by atoms with van der Waals surface area (Å²) < 4.78 is 2.26. The van der Waals surface area contributed by atoms with Crippen molar-refractivity contribution in [3.8, 4) is 0 Å². The first-order valence-corrected chi connectivity index (χ1v) is 9.01. The Hall–Kier alpha value is -1.39. The van der Waals surface area contributed by atoms with Gasteiger partial charge in [0, 0.05) is 31.0 Å². The Balaban J connectivity index is 1.44. The highest BCUT2D eigenvalue weighted by Gasteiger charge is 2.34. The molecule has 4 rings (SSSR count). The predicted molar refractivity (Wildman–Crippen MR) is 83.4 cm³/mol. The molecule has 1 aliphatic heterocycles. The quantitative estimate of drug-likeness (QED) is 0.862. The number of amides is 1. The fraction of sp³-hybridized carbons (Fsp3) is 0.824. The van der Waals surface area contributed by atoms with Crippen molar-refractivity contribution < 1.29 is 4.79 Å². The SMILES string of the molecule is O=C(C1CCCCC1)N1CCC[C@@H](c2nncn2C2CC2)C1. The number of piperidine rings is 1. The monoisotopic (exact) mass is 302 g/mol. The topological polar surface area (TPSA) is 51.0 Å². The lowest BCUT2D eigenvalue weighted by Crippen LogP contribution is -2.43. The molecule has 3 aliphatic rings. The Morgan fingerprint density at radius 3 is 2.64 bits per heavy atom. The maximum Gasteiger partial charge on any atom is 0.225 e. The summed E-state index contributed by atoms with van der Waals surface area (Å²) in [6.07, 6.45) is 12.6. The molecule has 0 radical (unpaired) electrons. The van der Waals surface area contributed by atoms with Crippen molar-refractivity contribution in [1.82, 2.24) is 19.7 Å². The summed E-state index contributed by atoms with van der Waals surface area (Å²) in [5.74, 6) is 2.18. The highest BCUT2D eigenvalue weighted by molar-refractivity contribution is 5.79. The highest BCUT2D eigenvalue weighted by Crippen LogP contribution is 2.38. The van der Waals surface area contributed by atoms with E-state index in [0.717, 1.165) is 44.6 Å². The average molecular weight is 302 g/mol. The van der Waals surface area contributed by atoms with Crippen molar-refractivity contribution in [3.05, 3.63) is 12.2 Å². The van der Waals surface area contributed by atoms with Gasteiger partial charge in [0.25, 0.3) is 0 Å². The van der Waals surface area contributed by atoms with Crippen LogP contribution in [0.5, 0.6) is 0 Å². The van der Waals surface area contributed by atoms with Gasteiger partial charge in [-0.25, -0.2) is 0 Å². The Bertz CT molecular complexity index is 531. The second kappa shape index (κ2) is 6.01. The van der Waals surface area contributed by atoms with Crippen molar-refractivity contribution >= 4 is 5.91 Å². The van der Waals surface area contributed by atoms with E-state index in [-0.39, 0.29) is 5.92 Å². The molecule has 1 saturated heterocycles. The van der Waals surface area contributed by atoms with Gasteiger partial charge in [0.05, 0.1) is 0 Å². The molecule has 0 N–H and O–H groups in total. The minimum absolute atomic E-state index is 0.286. The highest BCUT2D eigenvalue weighted by atomic mass is 16.2. The summed E-state index contributed by atoms with van der Waals surface area (Å²) in [7, 11) is 0. The van der Waals surface area contributed by atoms with E-state index in [0.29, 0.717) is 17.9 Å². The predicted octanol–water partition coefficient (Wildman–Crippen LogP) is 2.90. The molecular weight excluding hydrogens is 276 g/mol. The molecule has 120 valence electrons. The van der Waals surface area contributed by atoms with E-state index in [1.807, 2.05) is 6.33 Å². The minimum Gasteiger partial charge on any atom is -0.342 e. The van der Waals surface area contributed by atoms with Gasteiger partial charge in [-0.1, -0.05) is 19.3 Å². The van der Waals surface area contributed by atoms with Crippen LogP contribution in [0.4, 0.5) is 0 Å². The summed E-state index contributed by atoms with van der Waals surface area (Å²) in [5.41, 5.74) is 0. The van der Waals surface area contributed by atoms with Crippen LogP contribution in [0, 0.1) is 5.92 Å². The van der Waals surface area contributed by atoms with Gasteiger partial charge in [-0.3, -0.25) is 4.79 Å².